The minimum atomic E-state index is -1.66. The van der Waals surface area contributed by atoms with Crippen LogP contribution in [0.4, 0.5) is 4.39 Å². The van der Waals surface area contributed by atoms with Crippen LogP contribution in [0, 0.1) is 5.92 Å². The minimum Gasteiger partial charge on any atom is -0.467 e. The number of rotatable bonds is 1. The van der Waals surface area contributed by atoms with Crippen molar-refractivity contribution in [2.45, 2.75) is 25.4 Å². The molecule has 0 amide bonds. The normalized spacial score (nSPS) is 38.5. The summed E-state index contributed by atoms with van der Waals surface area (Å²) in [6.07, 6.45) is 0.638. The molecule has 0 radical (unpaired) electrons. The highest BCUT2D eigenvalue weighted by atomic mass is 19.1. The van der Waals surface area contributed by atoms with E-state index in [9.17, 15) is 9.18 Å². The van der Waals surface area contributed by atoms with Crippen LogP contribution in [0.2, 0.25) is 0 Å². The van der Waals surface area contributed by atoms with Gasteiger partial charge in [0.1, 0.15) is 0 Å². The Bertz CT molecular complexity index is 150. The number of hydrogen-bond donors (Lipinski definition) is 0. The molecule has 1 aliphatic rings. The van der Waals surface area contributed by atoms with Crippen LogP contribution in [-0.2, 0) is 9.53 Å². The molecule has 1 fully saturated rings. The Morgan fingerprint density at radius 3 is 2.50 bits per heavy atom. The van der Waals surface area contributed by atoms with Gasteiger partial charge in [0, 0.05) is 0 Å². The summed E-state index contributed by atoms with van der Waals surface area (Å²) in [5.74, 6) is -0.394. The lowest BCUT2D eigenvalue weighted by Gasteiger charge is -2.36. The van der Waals surface area contributed by atoms with Gasteiger partial charge < -0.3 is 4.74 Å². The Morgan fingerprint density at radius 1 is 1.70 bits per heavy atom. The van der Waals surface area contributed by atoms with Gasteiger partial charge in [-0.2, -0.15) is 0 Å². The summed E-state index contributed by atoms with van der Waals surface area (Å²) in [6.45, 7) is 1.92. The van der Waals surface area contributed by atoms with E-state index in [1.807, 2.05) is 6.92 Å². The maximum atomic E-state index is 13.1. The molecule has 0 aliphatic heterocycles. The molecule has 1 saturated carbocycles. The van der Waals surface area contributed by atoms with E-state index in [0.29, 0.717) is 18.8 Å². The van der Waals surface area contributed by atoms with Gasteiger partial charge in [-0.05, 0) is 18.8 Å². The molecule has 0 aromatic heterocycles. The summed E-state index contributed by atoms with van der Waals surface area (Å²) in [5.41, 5.74) is -1.66. The quantitative estimate of drug-likeness (QED) is 0.521. The number of methoxy groups -OCH3 is 1. The molecule has 0 spiro atoms. The molecule has 0 heterocycles. The van der Waals surface area contributed by atoms with Crippen molar-refractivity contribution in [3.8, 4) is 0 Å². The summed E-state index contributed by atoms with van der Waals surface area (Å²) < 4.78 is 17.4. The van der Waals surface area contributed by atoms with Crippen LogP contribution in [-0.4, -0.2) is 18.7 Å². The average Bonchev–Trinajstić information content (AvgIpc) is 1.83. The zero-order valence-electron chi connectivity index (χ0n) is 6.19. The van der Waals surface area contributed by atoms with E-state index in [4.69, 9.17) is 0 Å². The Morgan fingerprint density at radius 2 is 2.20 bits per heavy atom. The number of esters is 1. The minimum absolute atomic E-state index is 0.319. The van der Waals surface area contributed by atoms with E-state index in [1.54, 1.807) is 0 Å². The highest BCUT2D eigenvalue weighted by Crippen LogP contribution is 2.41. The third-order valence-electron chi connectivity index (χ3n) is 1.90. The van der Waals surface area contributed by atoms with Crippen LogP contribution >= 0.6 is 0 Å². The topological polar surface area (TPSA) is 26.3 Å². The van der Waals surface area contributed by atoms with Crippen LogP contribution in [0.1, 0.15) is 19.8 Å². The lowest BCUT2D eigenvalue weighted by atomic mass is 9.73. The van der Waals surface area contributed by atoms with E-state index in [1.165, 1.54) is 7.11 Å². The van der Waals surface area contributed by atoms with Crippen molar-refractivity contribution >= 4 is 5.97 Å². The van der Waals surface area contributed by atoms with Gasteiger partial charge in [0.15, 0.2) is 0 Å². The summed E-state index contributed by atoms with van der Waals surface area (Å²) in [5, 5.41) is 0. The molecule has 3 heteroatoms. The van der Waals surface area contributed by atoms with E-state index in [-0.39, 0.29) is 0 Å². The second-order valence-electron chi connectivity index (χ2n) is 2.97. The zero-order valence-corrected chi connectivity index (χ0v) is 6.19. The molecule has 1 aliphatic carbocycles. The van der Waals surface area contributed by atoms with Crippen molar-refractivity contribution in [3.05, 3.63) is 0 Å². The predicted octanol–water partition coefficient (Wildman–Crippen LogP) is 1.30. The van der Waals surface area contributed by atoms with Gasteiger partial charge in [0.2, 0.25) is 5.67 Å². The fourth-order valence-electron chi connectivity index (χ4n) is 1.39. The van der Waals surface area contributed by atoms with E-state index < -0.39 is 11.6 Å². The van der Waals surface area contributed by atoms with Crippen molar-refractivity contribution in [1.29, 1.82) is 0 Å². The SMILES string of the molecule is COC(=O)C1(F)CC(C)C1. The third kappa shape index (κ3) is 1.00. The maximum Gasteiger partial charge on any atom is 0.343 e. The molecular weight excluding hydrogens is 135 g/mol. The first kappa shape index (κ1) is 7.51. The molecule has 0 unspecified atom stereocenters. The number of carbonyl (C=O) groups is 1. The highest BCUT2D eigenvalue weighted by Gasteiger charge is 2.50. The number of halogens is 1. The largest absolute Gasteiger partial charge is 0.467 e. The summed E-state index contributed by atoms with van der Waals surface area (Å²) in [4.78, 5) is 10.7. The van der Waals surface area contributed by atoms with E-state index >= 15 is 0 Å². The fourth-order valence-corrected chi connectivity index (χ4v) is 1.39. The van der Waals surface area contributed by atoms with Crippen LogP contribution in [0.15, 0.2) is 0 Å². The molecule has 2 nitrogen and oxygen atoms in total. The van der Waals surface area contributed by atoms with Crippen LogP contribution in [0.3, 0.4) is 0 Å². The molecule has 58 valence electrons. The van der Waals surface area contributed by atoms with Gasteiger partial charge >= 0.3 is 5.97 Å². The Labute approximate surface area is 59.4 Å². The molecule has 0 aromatic carbocycles. The van der Waals surface area contributed by atoms with Gasteiger partial charge in [-0.1, -0.05) is 6.92 Å². The number of carbonyl (C=O) groups excluding carboxylic acids is 1. The van der Waals surface area contributed by atoms with Crippen LogP contribution in [0.25, 0.3) is 0 Å². The van der Waals surface area contributed by atoms with Crippen LogP contribution in [0.5, 0.6) is 0 Å². The number of hydrogen-bond acceptors (Lipinski definition) is 2. The smallest absolute Gasteiger partial charge is 0.343 e. The molecule has 0 aromatic rings. The lowest BCUT2D eigenvalue weighted by Crippen LogP contribution is -2.46. The molecule has 0 saturated heterocycles. The fraction of sp³-hybridized carbons (Fsp3) is 0.857. The average molecular weight is 146 g/mol. The molecule has 0 N–H and O–H groups in total. The van der Waals surface area contributed by atoms with Crippen molar-refractivity contribution < 1.29 is 13.9 Å². The second kappa shape index (κ2) is 2.22. The molecule has 0 atom stereocenters. The second-order valence-corrected chi connectivity index (χ2v) is 2.97. The molecule has 1 rings (SSSR count). The predicted molar refractivity (Wildman–Crippen MR) is 34.3 cm³/mol. The standard InChI is InChI=1S/C7H11FO2/c1-5-3-7(8,4-5)6(9)10-2/h5H,3-4H2,1-2H3. The van der Waals surface area contributed by atoms with Gasteiger partial charge in [0.25, 0.3) is 0 Å². The maximum absolute atomic E-state index is 13.1. The Balaban J connectivity index is 2.48. The molecule has 10 heavy (non-hydrogen) atoms. The Hall–Kier alpha value is -0.600. The van der Waals surface area contributed by atoms with E-state index in [2.05, 4.69) is 4.74 Å². The highest BCUT2D eigenvalue weighted by molar-refractivity contribution is 5.80. The van der Waals surface area contributed by atoms with Gasteiger partial charge in [-0.3, -0.25) is 0 Å². The summed E-state index contributed by atoms with van der Waals surface area (Å²) in [7, 11) is 1.21. The van der Waals surface area contributed by atoms with Gasteiger partial charge in [0.05, 0.1) is 7.11 Å². The molecular formula is C7H11FO2. The third-order valence-corrected chi connectivity index (χ3v) is 1.90. The number of alkyl halides is 1. The van der Waals surface area contributed by atoms with Crippen molar-refractivity contribution in [2.75, 3.05) is 7.11 Å². The first-order valence-electron chi connectivity index (χ1n) is 3.36. The first-order valence-corrected chi connectivity index (χ1v) is 3.36. The van der Waals surface area contributed by atoms with Gasteiger partial charge in [-0.15, -0.1) is 0 Å². The first-order chi connectivity index (χ1) is 4.58. The van der Waals surface area contributed by atoms with Crippen molar-refractivity contribution in [3.63, 3.8) is 0 Å². The summed E-state index contributed by atoms with van der Waals surface area (Å²) in [6, 6.07) is 0. The van der Waals surface area contributed by atoms with Crippen LogP contribution < -0.4 is 0 Å². The Kier molecular flexibility index (Phi) is 1.67. The van der Waals surface area contributed by atoms with Crippen molar-refractivity contribution in [1.82, 2.24) is 0 Å². The van der Waals surface area contributed by atoms with E-state index in [0.717, 1.165) is 0 Å². The summed E-state index contributed by atoms with van der Waals surface area (Å²) >= 11 is 0. The zero-order chi connectivity index (χ0) is 7.78. The van der Waals surface area contributed by atoms with Crippen molar-refractivity contribution in [2.24, 2.45) is 5.92 Å². The van der Waals surface area contributed by atoms with Gasteiger partial charge in [-0.25, -0.2) is 9.18 Å². The lowest BCUT2D eigenvalue weighted by molar-refractivity contribution is -0.164. The monoisotopic (exact) mass is 146 g/mol. The molecule has 0 bridgehead atoms. The number of ether oxygens (including phenoxy) is 1.